The lowest BCUT2D eigenvalue weighted by Crippen LogP contribution is -2.62. The molecule has 6 atom stereocenters. The number of hydrogen-bond donors (Lipinski definition) is 1. The van der Waals surface area contributed by atoms with Crippen molar-refractivity contribution < 1.29 is 47.7 Å². The summed E-state index contributed by atoms with van der Waals surface area (Å²) in [5.74, 6) is -3.03. The van der Waals surface area contributed by atoms with E-state index in [1.54, 1.807) is 17.8 Å². The van der Waals surface area contributed by atoms with Crippen LogP contribution >= 0.6 is 11.8 Å². The fraction of sp³-hybridized carbons (Fsp3) is 0.500. The SMILES string of the molecule is CC(=O)OC[C@@H]1O[C@H](SC2=NNC(=O)C(C)N2/N=C\c2cn(-c3ccccc3)nc2CC(C)C)[C@@H](OC(C)=O)[C@H](OC(C)=O)[C@H]1OC(C)=O. The second-order valence-electron chi connectivity index (χ2n) is 11.7. The van der Waals surface area contributed by atoms with Gasteiger partial charge >= 0.3 is 23.9 Å². The van der Waals surface area contributed by atoms with Crippen LogP contribution in [0.5, 0.6) is 0 Å². The van der Waals surface area contributed by atoms with Crippen molar-refractivity contribution in [2.24, 2.45) is 16.1 Å². The maximum absolute atomic E-state index is 12.8. The van der Waals surface area contributed by atoms with Crippen LogP contribution in [0.15, 0.2) is 46.7 Å². The summed E-state index contributed by atoms with van der Waals surface area (Å²) < 4.78 is 29.7. The van der Waals surface area contributed by atoms with Gasteiger partial charge in [0.25, 0.3) is 5.91 Å². The number of carbonyl (C=O) groups excluding carboxylic acids is 5. The van der Waals surface area contributed by atoms with Crippen molar-refractivity contribution in [3.8, 4) is 5.69 Å². The van der Waals surface area contributed by atoms with Gasteiger partial charge in [0.2, 0.25) is 5.17 Å². The van der Waals surface area contributed by atoms with Crippen molar-refractivity contribution in [2.75, 3.05) is 6.61 Å². The Kier molecular flexibility index (Phi) is 12.5. The van der Waals surface area contributed by atoms with E-state index in [1.807, 2.05) is 36.5 Å². The number of carbonyl (C=O) groups is 5. The van der Waals surface area contributed by atoms with Gasteiger partial charge in [-0.15, -0.1) is 5.10 Å². The number of aromatic nitrogens is 2. The van der Waals surface area contributed by atoms with E-state index in [4.69, 9.17) is 28.8 Å². The van der Waals surface area contributed by atoms with E-state index in [9.17, 15) is 24.0 Å². The first-order valence-electron chi connectivity index (χ1n) is 15.5. The van der Waals surface area contributed by atoms with Gasteiger partial charge in [-0.1, -0.05) is 32.0 Å². The van der Waals surface area contributed by atoms with Crippen LogP contribution in [0.1, 0.15) is 59.7 Å². The molecule has 2 aliphatic rings. The number of amidine groups is 1. The molecule has 1 unspecified atom stereocenters. The highest BCUT2D eigenvalue weighted by Gasteiger charge is 2.53. The Morgan fingerprint density at radius 1 is 0.980 bits per heavy atom. The standard InChI is InChI=1S/C32H40N6O10S/c1-17(2)13-25-23(15-37(36-25)24-11-9-8-10-12-24)14-33-38-18(3)30(43)34-35-32(38)49-31-29(47-22(7)42)28(46-21(6)41)27(45-20(5)40)26(48-31)16-44-19(4)39/h8-12,14-15,17-18,26-29,31H,13,16H2,1-7H3,(H,34,43)/b33-14-/t18?,26-,27-,28+,29-,31+/m0/s1. The molecule has 0 bridgehead atoms. The lowest BCUT2D eigenvalue weighted by Gasteiger charge is -2.44. The average molecular weight is 701 g/mol. The molecule has 264 valence electrons. The number of nitrogens with one attached hydrogen (secondary N) is 1. The molecule has 1 aromatic heterocycles. The van der Waals surface area contributed by atoms with Crippen molar-refractivity contribution in [1.82, 2.24) is 20.2 Å². The summed E-state index contributed by atoms with van der Waals surface area (Å²) in [6.07, 6.45) is -1.09. The van der Waals surface area contributed by atoms with Gasteiger partial charge in [0.05, 0.1) is 17.6 Å². The van der Waals surface area contributed by atoms with Gasteiger partial charge in [-0.05, 0) is 43.2 Å². The largest absolute Gasteiger partial charge is 0.463 e. The van der Waals surface area contributed by atoms with E-state index in [1.165, 1.54) is 11.9 Å². The van der Waals surface area contributed by atoms with Gasteiger partial charge in [0.1, 0.15) is 18.8 Å². The van der Waals surface area contributed by atoms with E-state index in [0.29, 0.717) is 17.9 Å². The van der Waals surface area contributed by atoms with E-state index < -0.39 is 65.7 Å². The van der Waals surface area contributed by atoms with Crippen molar-refractivity contribution >= 4 is 52.9 Å². The number of para-hydroxylation sites is 1. The lowest BCUT2D eigenvalue weighted by molar-refractivity contribution is -0.237. The summed E-state index contributed by atoms with van der Waals surface area (Å²) >= 11 is 0.902. The second-order valence-corrected chi connectivity index (χ2v) is 12.8. The minimum absolute atomic E-state index is 0.130. The molecule has 2 aliphatic heterocycles. The van der Waals surface area contributed by atoms with Crippen molar-refractivity contribution in [2.45, 2.75) is 90.8 Å². The van der Waals surface area contributed by atoms with E-state index in [-0.39, 0.29) is 11.8 Å². The molecular weight excluding hydrogens is 660 g/mol. The Labute approximate surface area is 287 Å². The molecule has 1 fully saturated rings. The fourth-order valence-electron chi connectivity index (χ4n) is 5.06. The number of rotatable bonds is 11. The Balaban J connectivity index is 1.71. The molecule has 4 rings (SSSR count). The fourth-order valence-corrected chi connectivity index (χ4v) is 6.22. The zero-order valence-corrected chi connectivity index (χ0v) is 29.0. The maximum atomic E-state index is 12.8. The first kappa shape index (κ1) is 37.1. The first-order chi connectivity index (χ1) is 23.2. The van der Waals surface area contributed by atoms with E-state index in [2.05, 4.69) is 29.5 Å². The van der Waals surface area contributed by atoms with Gasteiger partial charge in [-0.25, -0.2) is 15.1 Å². The summed E-state index contributed by atoms with van der Waals surface area (Å²) in [5.41, 5.74) is 3.64. The predicted octanol–water partition coefficient (Wildman–Crippen LogP) is 2.31. The summed E-state index contributed by atoms with van der Waals surface area (Å²) in [5, 5.41) is 15.1. The number of amides is 1. The third-order valence-electron chi connectivity index (χ3n) is 7.14. The highest BCUT2D eigenvalue weighted by molar-refractivity contribution is 8.14. The van der Waals surface area contributed by atoms with E-state index >= 15 is 0 Å². The zero-order valence-electron chi connectivity index (χ0n) is 28.2. The summed E-state index contributed by atoms with van der Waals surface area (Å²) in [6, 6.07) is 8.75. The second kappa shape index (κ2) is 16.6. The van der Waals surface area contributed by atoms with Crippen LogP contribution in [0.4, 0.5) is 0 Å². The molecule has 1 aromatic carbocycles. The molecule has 0 saturated carbocycles. The molecule has 0 aliphatic carbocycles. The van der Waals surface area contributed by atoms with Crippen LogP contribution in [0.3, 0.4) is 0 Å². The minimum Gasteiger partial charge on any atom is -0.463 e. The van der Waals surface area contributed by atoms with Gasteiger partial charge in [-0.2, -0.15) is 10.2 Å². The number of esters is 4. The number of hydrazone groups is 2. The molecule has 0 spiro atoms. The van der Waals surface area contributed by atoms with Crippen LogP contribution in [0.25, 0.3) is 5.69 Å². The third-order valence-corrected chi connectivity index (χ3v) is 8.24. The molecule has 16 nitrogen and oxygen atoms in total. The molecule has 1 saturated heterocycles. The topological polar surface area (TPSA) is 189 Å². The minimum atomic E-state index is -1.37. The first-order valence-corrected chi connectivity index (χ1v) is 16.4. The summed E-state index contributed by atoms with van der Waals surface area (Å²) in [4.78, 5) is 61.1. The third kappa shape index (κ3) is 9.88. The van der Waals surface area contributed by atoms with Gasteiger partial charge in [-0.3, -0.25) is 24.0 Å². The highest BCUT2D eigenvalue weighted by Crippen LogP contribution is 2.36. The Morgan fingerprint density at radius 2 is 1.61 bits per heavy atom. The predicted molar refractivity (Wildman–Crippen MR) is 176 cm³/mol. The molecule has 17 heteroatoms. The molecule has 3 heterocycles. The van der Waals surface area contributed by atoms with Crippen LogP contribution in [0.2, 0.25) is 0 Å². The quantitative estimate of drug-likeness (QED) is 0.204. The molecular formula is C32H40N6O10S. The molecule has 1 N–H and O–H groups in total. The summed E-state index contributed by atoms with van der Waals surface area (Å²) in [6.45, 7) is 10.0. The molecule has 49 heavy (non-hydrogen) atoms. The Morgan fingerprint density at radius 3 is 2.22 bits per heavy atom. The van der Waals surface area contributed by atoms with Crippen molar-refractivity contribution in [3.05, 3.63) is 47.8 Å². The Hall–Kier alpha value is -4.77. The van der Waals surface area contributed by atoms with Gasteiger partial charge < -0.3 is 23.7 Å². The smallest absolute Gasteiger partial charge is 0.303 e. The number of thioether (sulfide) groups is 1. The number of hydrogen-bond acceptors (Lipinski definition) is 15. The average Bonchev–Trinajstić information content (AvgIpc) is 3.42. The lowest BCUT2D eigenvalue weighted by atomic mass is 9.99. The number of nitrogens with zero attached hydrogens (tertiary/aromatic N) is 5. The maximum Gasteiger partial charge on any atom is 0.303 e. The van der Waals surface area contributed by atoms with Crippen LogP contribution in [-0.2, 0) is 54.1 Å². The van der Waals surface area contributed by atoms with Crippen LogP contribution in [-0.4, -0.2) is 98.5 Å². The highest BCUT2D eigenvalue weighted by atomic mass is 32.2. The number of benzene rings is 1. The van der Waals surface area contributed by atoms with E-state index in [0.717, 1.165) is 43.9 Å². The van der Waals surface area contributed by atoms with Crippen LogP contribution in [0, 0.1) is 5.92 Å². The Bertz CT molecular complexity index is 1600. The molecule has 2 aromatic rings. The molecule has 0 radical (unpaired) electrons. The normalized spacial score (nSPS) is 23.9. The van der Waals surface area contributed by atoms with Crippen molar-refractivity contribution in [1.29, 1.82) is 0 Å². The van der Waals surface area contributed by atoms with Crippen LogP contribution < -0.4 is 5.43 Å². The van der Waals surface area contributed by atoms with Crippen molar-refractivity contribution in [3.63, 3.8) is 0 Å². The molecule has 1 amide bonds. The van der Waals surface area contributed by atoms with Gasteiger partial charge in [0, 0.05) is 39.5 Å². The zero-order chi connectivity index (χ0) is 35.8. The van der Waals surface area contributed by atoms with Gasteiger partial charge in [0.15, 0.2) is 23.7 Å². The monoisotopic (exact) mass is 700 g/mol. The number of ether oxygens (including phenoxy) is 5. The summed E-state index contributed by atoms with van der Waals surface area (Å²) in [7, 11) is 0.